The number of carbonyl (C=O) groups is 2. The molecule has 0 radical (unpaired) electrons. The topological polar surface area (TPSA) is 63.6 Å². The van der Waals surface area contributed by atoms with E-state index in [-0.39, 0.29) is 17.3 Å². The van der Waals surface area contributed by atoms with Gasteiger partial charge < -0.3 is 9.84 Å². The summed E-state index contributed by atoms with van der Waals surface area (Å²) in [6.07, 6.45) is 9.85. The molecule has 25 heavy (non-hydrogen) atoms. The van der Waals surface area contributed by atoms with Gasteiger partial charge in [-0.1, -0.05) is 53.4 Å². The van der Waals surface area contributed by atoms with Crippen LogP contribution in [-0.2, 0) is 14.3 Å². The van der Waals surface area contributed by atoms with E-state index in [1.807, 2.05) is 13.8 Å². The fraction of sp³-hybridized carbons (Fsp3) is 0.905. The van der Waals surface area contributed by atoms with E-state index in [0.717, 1.165) is 58.0 Å². The minimum Gasteiger partial charge on any atom is -0.481 e. The summed E-state index contributed by atoms with van der Waals surface area (Å²) in [6.45, 7) is 9.23. The highest BCUT2D eigenvalue weighted by molar-refractivity contribution is 5.78. The molecule has 1 N–H and O–H groups in total. The van der Waals surface area contributed by atoms with Gasteiger partial charge in [-0.2, -0.15) is 0 Å². The van der Waals surface area contributed by atoms with Gasteiger partial charge >= 0.3 is 5.97 Å². The van der Waals surface area contributed by atoms with E-state index in [1.54, 1.807) is 7.11 Å². The summed E-state index contributed by atoms with van der Waals surface area (Å²) >= 11 is 0. The molecule has 148 valence electrons. The molecule has 4 nitrogen and oxygen atoms in total. The van der Waals surface area contributed by atoms with E-state index in [9.17, 15) is 9.59 Å². The standard InChI is InChI=1S/C21H40O4/c1-20(2,16-19(23)24)14-10-6-8-12-18(22)13-9-7-11-15-21(3,4)17-25-5/h6-17H2,1-5H3,(H,23,24). The normalized spacial score (nSPS) is 12.4. The summed E-state index contributed by atoms with van der Waals surface area (Å²) in [7, 11) is 1.74. The molecule has 0 aromatic heterocycles. The Morgan fingerprint density at radius 2 is 1.28 bits per heavy atom. The lowest BCUT2D eigenvalue weighted by atomic mass is 9.83. The lowest BCUT2D eigenvalue weighted by Gasteiger charge is -2.23. The third-order valence-electron chi connectivity index (χ3n) is 4.78. The van der Waals surface area contributed by atoms with Crippen molar-refractivity contribution in [2.75, 3.05) is 13.7 Å². The van der Waals surface area contributed by atoms with Gasteiger partial charge in [0, 0.05) is 20.0 Å². The van der Waals surface area contributed by atoms with Crippen LogP contribution in [0.25, 0.3) is 0 Å². The van der Waals surface area contributed by atoms with E-state index in [2.05, 4.69) is 13.8 Å². The van der Waals surface area contributed by atoms with Crippen molar-refractivity contribution in [3.8, 4) is 0 Å². The van der Waals surface area contributed by atoms with Crippen LogP contribution in [0.1, 0.15) is 98.3 Å². The number of aliphatic carboxylic acids is 1. The Balaban J connectivity index is 3.61. The van der Waals surface area contributed by atoms with Gasteiger partial charge in [-0.05, 0) is 36.5 Å². The lowest BCUT2D eigenvalue weighted by molar-refractivity contribution is -0.139. The molecule has 0 aliphatic heterocycles. The number of carboxylic acids is 1. The fourth-order valence-electron chi connectivity index (χ4n) is 3.29. The number of methoxy groups -OCH3 is 1. The van der Waals surface area contributed by atoms with Gasteiger partial charge in [0.05, 0.1) is 13.0 Å². The van der Waals surface area contributed by atoms with Gasteiger partial charge in [-0.15, -0.1) is 0 Å². The van der Waals surface area contributed by atoms with E-state index >= 15 is 0 Å². The molecule has 0 saturated carbocycles. The molecule has 0 saturated heterocycles. The molecule has 0 fully saturated rings. The second-order valence-electron chi connectivity index (χ2n) is 8.99. The Labute approximate surface area is 154 Å². The minimum atomic E-state index is -0.731. The summed E-state index contributed by atoms with van der Waals surface area (Å²) in [4.78, 5) is 22.7. The number of unbranched alkanes of at least 4 members (excludes halogenated alkanes) is 4. The van der Waals surface area contributed by atoms with Crippen molar-refractivity contribution in [2.45, 2.75) is 98.3 Å². The summed E-state index contributed by atoms with van der Waals surface area (Å²) in [5, 5.41) is 8.87. The summed E-state index contributed by atoms with van der Waals surface area (Å²) in [5.41, 5.74) is 0.0829. The predicted octanol–water partition coefficient (Wildman–Crippen LogP) is 5.63. The van der Waals surface area contributed by atoms with E-state index in [4.69, 9.17) is 9.84 Å². The SMILES string of the molecule is COCC(C)(C)CCCCCC(=O)CCCCCC(C)(C)CC(=O)O. The van der Waals surface area contributed by atoms with Crippen molar-refractivity contribution in [3.05, 3.63) is 0 Å². The Hall–Kier alpha value is -0.900. The quantitative estimate of drug-likeness (QED) is 0.364. The average molecular weight is 357 g/mol. The number of ketones is 1. The molecule has 4 heteroatoms. The van der Waals surface area contributed by atoms with Gasteiger partial charge in [0.15, 0.2) is 0 Å². The molecular weight excluding hydrogens is 316 g/mol. The number of carbonyl (C=O) groups excluding carboxylic acids is 1. The number of rotatable bonds is 16. The monoisotopic (exact) mass is 356 g/mol. The number of ether oxygens (including phenoxy) is 1. The second kappa shape index (κ2) is 12.5. The molecule has 0 rings (SSSR count). The first-order chi connectivity index (χ1) is 11.6. The molecule has 0 aromatic rings. The van der Waals surface area contributed by atoms with E-state index < -0.39 is 5.97 Å². The zero-order chi connectivity index (χ0) is 19.3. The second-order valence-corrected chi connectivity index (χ2v) is 8.99. The van der Waals surface area contributed by atoms with Gasteiger partial charge in [0.1, 0.15) is 5.78 Å². The van der Waals surface area contributed by atoms with Crippen LogP contribution in [0.2, 0.25) is 0 Å². The summed E-state index contributed by atoms with van der Waals surface area (Å²) < 4.78 is 5.22. The van der Waals surface area contributed by atoms with E-state index in [1.165, 1.54) is 0 Å². The molecule has 0 amide bonds. The van der Waals surface area contributed by atoms with Crippen LogP contribution in [0.5, 0.6) is 0 Å². The largest absolute Gasteiger partial charge is 0.481 e. The molecule has 0 bridgehead atoms. The summed E-state index contributed by atoms with van der Waals surface area (Å²) in [5.74, 6) is -0.355. The molecule has 0 unspecified atom stereocenters. The highest BCUT2D eigenvalue weighted by atomic mass is 16.5. The molecule has 0 aromatic carbocycles. The molecular formula is C21H40O4. The molecule has 0 aliphatic rings. The van der Waals surface area contributed by atoms with Crippen LogP contribution in [-0.4, -0.2) is 30.6 Å². The number of hydrogen-bond acceptors (Lipinski definition) is 3. The first-order valence-corrected chi connectivity index (χ1v) is 9.80. The molecule has 0 spiro atoms. The van der Waals surface area contributed by atoms with Crippen molar-refractivity contribution >= 4 is 11.8 Å². The number of hydrogen-bond donors (Lipinski definition) is 1. The van der Waals surface area contributed by atoms with E-state index in [0.29, 0.717) is 18.6 Å². The van der Waals surface area contributed by atoms with Crippen molar-refractivity contribution in [3.63, 3.8) is 0 Å². The summed E-state index contributed by atoms with van der Waals surface area (Å²) in [6, 6.07) is 0. The maximum atomic E-state index is 11.9. The Morgan fingerprint density at radius 1 is 0.800 bits per heavy atom. The van der Waals surface area contributed by atoms with Gasteiger partial charge in [0.25, 0.3) is 0 Å². The van der Waals surface area contributed by atoms with Crippen molar-refractivity contribution < 1.29 is 19.4 Å². The van der Waals surface area contributed by atoms with Crippen molar-refractivity contribution in [1.82, 2.24) is 0 Å². The van der Waals surface area contributed by atoms with Crippen molar-refractivity contribution in [1.29, 1.82) is 0 Å². The van der Waals surface area contributed by atoms with Crippen LogP contribution in [0, 0.1) is 10.8 Å². The van der Waals surface area contributed by atoms with Crippen LogP contribution in [0.3, 0.4) is 0 Å². The first kappa shape index (κ1) is 24.1. The van der Waals surface area contributed by atoms with Crippen LogP contribution in [0.4, 0.5) is 0 Å². The number of carboxylic acid groups (broad SMARTS) is 1. The van der Waals surface area contributed by atoms with Crippen LogP contribution in [0.15, 0.2) is 0 Å². The Kier molecular flexibility index (Phi) is 12.0. The maximum absolute atomic E-state index is 11.9. The average Bonchev–Trinajstić information content (AvgIpc) is 2.44. The smallest absolute Gasteiger partial charge is 0.303 e. The predicted molar refractivity (Wildman–Crippen MR) is 103 cm³/mol. The van der Waals surface area contributed by atoms with Crippen LogP contribution >= 0.6 is 0 Å². The number of Topliss-reactive ketones (excluding diaryl/α,β-unsaturated/α-hetero) is 1. The third kappa shape index (κ3) is 15.1. The molecule has 0 heterocycles. The van der Waals surface area contributed by atoms with Gasteiger partial charge in [0.2, 0.25) is 0 Å². The lowest BCUT2D eigenvalue weighted by Crippen LogP contribution is -2.18. The molecule has 0 aliphatic carbocycles. The zero-order valence-electron chi connectivity index (χ0n) is 17.2. The third-order valence-corrected chi connectivity index (χ3v) is 4.78. The van der Waals surface area contributed by atoms with Crippen LogP contribution < -0.4 is 0 Å². The zero-order valence-corrected chi connectivity index (χ0v) is 17.2. The Bertz CT molecular complexity index is 385. The molecule has 0 atom stereocenters. The highest BCUT2D eigenvalue weighted by Gasteiger charge is 2.21. The van der Waals surface area contributed by atoms with Crippen molar-refractivity contribution in [2.24, 2.45) is 10.8 Å². The van der Waals surface area contributed by atoms with Gasteiger partial charge in [-0.3, -0.25) is 9.59 Å². The maximum Gasteiger partial charge on any atom is 0.303 e. The first-order valence-electron chi connectivity index (χ1n) is 9.80. The fourth-order valence-corrected chi connectivity index (χ4v) is 3.29. The van der Waals surface area contributed by atoms with Gasteiger partial charge in [-0.25, -0.2) is 0 Å². The minimum absolute atomic E-state index is 0.146. The highest BCUT2D eigenvalue weighted by Crippen LogP contribution is 2.28. The Morgan fingerprint density at radius 3 is 1.72 bits per heavy atom.